The molecule has 152 valence electrons. The molecule has 2 aliphatic rings. The van der Waals surface area contributed by atoms with Crippen LogP contribution >= 0.6 is 0 Å². The molecule has 3 heterocycles. The van der Waals surface area contributed by atoms with Gasteiger partial charge in [0.2, 0.25) is 0 Å². The van der Waals surface area contributed by atoms with Gasteiger partial charge < -0.3 is 15.8 Å². The Balaban J connectivity index is 1.29. The third-order valence-electron chi connectivity index (χ3n) is 5.79. The van der Waals surface area contributed by atoms with E-state index in [1.165, 1.54) is 11.1 Å². The minimum Gasteiger partial charge on any atom is -0.495 e. The fraction of sp³-hybridized carbons (Fsp3) is 0.261. The van der Waals surface area contributed by atoms with E-state index >= 15 is 0 Å². The summed E-state index contributed by atoms with van der Waals surface area (Å²) in [5.41, 5.74) is 13.1. The molecule has 7 heteroatoms. The minimum atomic E-state index is 0.0251. The number of hydrogen-bond acceptors (Lipinski definition) is 7. The normalized spacial score (nSPS) is 17.6. The van der Waals surface area contributed by atoms with E-state index in [1.54, 1.807) is 13.4 Å². The van der Waals surface area contributed by atoms with Crippen LogP contribution in [0.4, 0.5) is 5.69 Å². The van der Waals surface area contributed by atoms with Crippen molar-refractivity contribution in [1.29, 1.82) is 0 Å². The molecule has 0 radical (unpaired) electrons. The summed E-state index contributed by atoms with van der Waals surface area (Å²) in [5.74, 6) is 1.23. The van der Waals surface area contributed by atoms with E-state index in [0.717, 1.165) is 54.2 Å². The van der Waals surface area contributed by atoms with Gasteiger partial charge in [-0.05, 0) is 35.2 Å². The number of fused-ring (bicyclic) bond motifs is 2. The van der Waals surface area contributed by atoms with Crippen molar-refractivity contribution in [2.45, 2.75) is 25.6 Å². The molecule has 1 aromatic heterocycles. The first-order chi connectivity index (χ1) is 14.7. The molecule has 7 nitrogen and oxygen atoms in total. The predicted molar refractivity (Wildman–Crippen MR) is 117 cm³/mol. The lowest BCUT2D eigenvalue weighted by molar-refractivity contribution is 0.272. The second kappa shape index (κ2) is 7.76. The molecule has 0 fully saturated rings. The highest BCUT2D eigenvalue weighted by Gasteiger charge is 2.25. The number of aliphatic imine (C=N–C) groups is 1. The quantitative estimate of drug-likeness (QED) is 0.683. The molecule has 0 saturated carbocycles. The van der Waals surface area contributed by atoms with Gasteiger partial charge in [-0.15, -0.1) is 0 Å². The molecule has 30 heavy (non-hydrogen) atoms. The van der Waals surface area contributed by atoms with Gasteiger partial charge in [-0.1, -0.05) is 24.3 Å². The Morgan fingerprint density at radius 2 is 1.93 bits per heavy atom. The maximum atomic E-state index is 6.05. The van der Waals surface area contributed by atoms with Gasteiger partial charge in [0, 0.05) is 43.2 Å². The van der Waals surface area contributed by atoms with Crippen molar-refractivity contribution in [2.24, 2.45) is 10.7 Å². The Morgan fingerprint density at radius 3 is 2.77 bits per heavy atom. The van der Waals surface area contributed by atoms with Crippen LogP contribution < -0.4 is 15.8 Å². The molecule has 0 amide bonds. The number of aromatic nitrogens is 2. The number of guanidine groups is 1. The summed E-state index contributed by atoms with van der Waals surface area (Å²) in [7, 11) is 1.67. The third kappa shape index (κ3) is 3.48. The zero-order valence-corrected chi connectivity index (χ0v) is 16.9. The number of nitrogens with one attached hydrogen (secondary N) is 1. The van der Waals surface area contributed by atoms with Crippen molar-refractivity contribution < 1.29 is 4.74 Å². The third-order valence-corrected chi connectivity index (χ3v) is 5.79. The molecule has 3 N–H and O–H groups in total. The molecule has 3 aromatic rings. The van der Waals surface area contributed by atoms with Gasteiger partial charge in [-0.3, -0.25) is 4.90 Å². The first-order valence-electron chi connectivity index (χ1n) is 10.1. The largest absolute Gasteiger partial charge is 0.495 e. The summed E-state index contributed by atoms with van der Waals surface area (Å²) in [6, 6.07) is 12.7. The van der Waals surface area contributed by atoms with Crippen molar-refractivity contribution in [2.75, 3.05) is 19.0 Å². The lowest BCUT2D eigenvalue weighted by Gasteiger charge is -2.26. The van der Waals surface area contributed by atoms with Gasteiger partial charge in [0.15, 0.2) is 5.96 Å². The summed E-state index contributed by atoms with van der Waals surface area (Å²) in [5, 5.41) is 3.15. The van der Waals surface area contributed by atoms with Crippen molar-refractivity contribution >= 4 is 11.6 Å². The van der Waals surface area contributed by atoms with Crippen LogP contribution in [0.2, 0.25) is 0 Å². The van der Waals surface area contributed by atoms with E-state index in [4.69, 9.17) is 10.5 Å². The standard InChI is InChI=1S/C23H24N6O/c1-30-21-4-2-3-19-20(27-23(24)28-22(19)21)7-8-29-12-16-6-5-15(9-17(16)13-29)18-10-25-14-26-11-18/h2-6,9-11,14,20H,7-8,12-13H2,1H3,(H3,24,27,28). The Bertz CT molecular complexity index is 1100. The van der Waals surface area contributed by atoms with Gasteiger partial charge in [-0.2, -0.15) is 0 Å². The maximum Gasteiger partial charge on any atom is 0.193 e. The Labute approximate surface area is 175 Å². The predicted octanol–water partition coefficient (Wildman–Crippen LogP) is 3.34. The molecule has 2 aromatic carbocycles. The second-order valence-corrected chi connectivity index (χ2v) is 7.69. The highest BCUT2D eigenvalue weighted by atomic mass is 16.5. The first kappa shape index (κ1) is 18.6. The molecular formula is C23H24N6O. The summed E-state index contributed by atoms with van der Waals surface area (Å²) in [6.45, 7) is 2.83. The molecule has 1 unspecified atom stereocenters. The number of rotatable bonds is 5. The van der Waals surface area contributed by atoms with E-state index in [-0.39, 0.29) is 6.04 Å². The van der Waals surface area contributed by atoms with Crippen LogP contribution in [0, 0.1) is 0 Å². The fourth-order valence-electron chi connectivity index (χ4n) is 4.30. The number of nitrogens with zero attached hydrogens (tertiary/aromatic N) is 4. The Kier molecular flexibility index (Phi) is 4.80. The summed E-state index contributed by atoms with van der Waals surface area (Å²) in [4.78, 5) is 15.4. The molecule has 5 rings (SSSR count). The minimum absolute atomic E-state index is 0.0251. The lowest BCUT2D eigenvalue weighted by Crippen LogP contribution is -2.29. The van der Waals surface area contributed by atoms with Crippen LogP contribution in [-0.2, 0) is 13.1 Å². The summed E-state index contributed by atoms with van der Waals surface area (Å²) < 4.78 is 5.48. The molecule has 2 aliphatic heterocycles. The summed E-state index contributed by atoms with van der Waals surface area (Å²) in [6.07, 6.45) is 6.16. The Morgan fingerprint density at radius 1 is 1.10 bits per heavy atom. The number of anilines is 1. The van der Waals surface area contributed by atoms with Crippen LogP contribution in [0.5, 0.6) is 5.75 Å². The van der Waals surface area contributed by atoms with Gasteiger partial charge in [0.1, 0.15) is 12.1 Å². The van der Waals surface area contributed by atoms with E-state index < -0.39 is 0 Å². The highest BCUT2D eigenvalue weighted by Crippen LogP contribution is 2.38. The molecular weight excluding hydrogens is 376 g/mol. The Hall–Kier alpha value is -3.45. The average molecular weight is 400 g/mol. The molecule has 1 atom stereocenters. The first-order valence-corrected chi connectivity index (χ1v) is 10.1. The summed E-state index contributed by atoms with van der Waals surface area (Å²) >= 11 is 0. The lowest BCUT2D eigenvalue weighted by atomic mass is 10.00. The van der Waals surface area contributed by atoms with Crippen LogP contribution in [0.3, 0.4) is 0 Å². The van der Waals surface area contributed by atoms with Gasteiger partial charge in [-0.25, -0.2) is 15.0 Å². The topological polar surface area (TPSA) is 88.7 Å². The van der Waals surface area contributed by atoms with Crippen LogP contribution in [0.25, 0.3) is 11.1 Å². The fourth-order valence-corrected chi connectivity index (χ4v) is 4.30. The monoisotopic (exact) mass is 400 g/mol. The van der Waals surface area contributed by atoms with Crippen molar-refractivity contribution in [1.82, 2.24) is 14.9 Å². The van der Waals surface area contributed by atoms with Gasteiger partial charge >= 0.3 is 0 Å². The number of para-hydroxylation sites is 1. The van der Waals surface area contributed by atoms with Gasteiger partial charge in [0.25, 0.3) is 0 Å². The van der Waals surface area contributed by atoms with Crippen molar-refractivity contribution in [3.8, 4) is 16.9 Å². The van der Waals surface area contributed by atoms with Crippen molar-refractivity contribution in [3.05, 3.63) is 71.8 Å². The number of nitrogens with two attached hydrogens (primary N) is 1. The number of hydrogen-bond donors (Lipinski definition) is 2. The molecule has 0 bridgehead atoms. The number of benzene rings is 2. The van der Waals surface area contributed by atoms with Gasteiger partial charge in [0.05, 0.1) is 18.8 Å². The van der Waals surface area contributed by atoms with E-state index in [9.17, 15) is 0 Å². The zero-order chi connectivity index (χ0) is 20.5. The van der Waals surface area contributed by atoms with E-state index in [2.05, 4.69) is 49.4 Å². The SMILES string of the molecule is COc1cccc2c1NC(N)=NC2CCN1Cc2ccc(-c3cncnc3)cc2C1. The second-order valence-electron chi connectivity index (χ2n) is 7.69. The molecule has 0 spiro atoms. The molecule has 0 saturated heterocycles. The smallest absolute Gasteiger partial charge is 0.193 e. The highest BCUT2D eigenvalue weighted by molar-refractivity contribution is 5.96. The van der Waals surface area contributed by atoms with E-state index in [1.807, 2.05) is 24.5 Å². The zero-order valence-electron chi connectivity index (χ0n) is 16.9. The van der Waals surface area contributed by atoms with Crippen LogP contribution in [-0.4, -0.2) is 34.5 Å². The number of methoxy groups -OCH3 is 1. The van der Waals surface area contributed by atoms with Crippen molar-refractivity contribution in [3.63, 3.8) is 0 Å². The average Bonchev–Trinajstić information content (AvgIpc) is 3.19. The maximum absolute atomic E-state index is 6.05. The van der Waals surface area contributed by atoms with E-state index in [0.29, 0.717) is 5.96 Å². The van der Waals surface area contributed by atoms with Crippen LogP contribution in [0.15, 0.2) is 60.1 Å². The molecule has 0 aliphatic carbocycles. The number of ether oxygens (including phenoxy) is 1. The van der Waals surface area contributed by atoms with Crippen LogP contribution in [0.1, 0.15) is 29.2 Å².